The van der Waals surface area contributed by atoms with Gasteiger partial charge in [0.15, 0.2) is 17.5 Å². The van der Waals surface area contributed by atoms with Crippen LogP contribution in [-0.4, -0.2) is 15.0 Å². The lowest BCUT2D eigenvalue weighted by atomic mass is 9.97. The minimum atomic E-state index is 0.573. The lowest BCUT2D eigenvalue weighted by Crippen LogP contribution is -2.01. The summed E-state index contributed by atoms with van der Waals surface area (Å²) in [6.07, 6.45) is 0. The summed E-state index contributed by atoms with van der Waals surface area (Å²) in [7, 11) is 0. The monoisotopic (exact) mass is 575 g/mol. The number of para-hydroxylation sites is 2. The van der Waals surface area contributed by atoms with E-state index in [1.165, 1.54) is 16.3 Å². The highest BCUT2D eigenvalue weighted by Crippen LogP contribution is 2.38. The lowest BCUT2D eigenvalue weighted by Gasteiger charge is -2.12. The maximum absolute atomic E-state index is 6.42. The first-order chi connectivity index (χ1) is 22.3. The van der Waals surface area contributed by atoms with Gasteiger partial charge in [-0.15, -0.1) is 0 Å². The van der Waals surface area contributed by atoms with E-state index in [0.717, 1.165) is 55.0 Å². The zero-order chi connectivity index (χ0) is 29.7. The van der Waals surface area contributed by atoms with E-state index >= 15 is 0 Å². The highest BCUT2D eigenvalue weighted by molar-refractivity contribution is 6.14. The van der Waals surface area contributed by atoms with Crippen LogP contribution in [0, 0.1) is 0 Å². The molecule has 0 aliphatic heterocycles. The van der Waals surface area contributed by atoms with E-state index in [1.807, 2.05) is 36.4 Å². The molecule has 0 saturated carbocycles. The van der Waals surface area contributed by atoms with Crippen LogP contribution in [0.2, 0.25) is 0 Å². The summed E-state index contributed by atoms with van der Waals surface area (Å²) < 4.78 is 6.42. The molecule has 0 bridgehead atoms. The van der Waals surface area contributed by atoms with Crippen LogP contribution >= 0.6 is 0 Å². The predicted molar refractivity (Wildman–Crippen MR) is 184 cm³/mol. The van der Waals surface area contributed by atoms with Crippen molar-refractivity contribution in [1.29, 1.82) is 0 Å². The molecule has 7 aromatic carbocycles. The van der Waals surface area contributed by atoms with E-state index in [0.29, 0.717) is 17.5 Å². The molecule has 0 saturated heterocycles. The second kappa shape index (κ2) is 10.2. The zero-order valence-corrected chi connectivity index (χ0v) is 24.2. The number of benzene rings is 7. The second-order valence-electron chi connectivity index (χ2n) is 11.2. The van der Waals surface area contributed by atoms with Gasteiger partial charge in [0.1, 0.15) is 11.2 Å². The molecule has 9 rings (SSSR count). The SMILES string of the molecule is c1ccc(-c2ccc(-c3nc(-c4cccc5c4oc4ccccc45)nc(-c4cccc5ccc6ccccc6c45)n3)cc2)cc1. The van der Waals surface area contributed by atoms with Gasteiger partial charge >= 0.3 is 0 Å². The molecule has 210 valence electrons. The molecule has 4 heteroatoms. The third-order valence-corrected chi connectivity index (χ3v) is 8.54. The average Bonchev–Trinajstić information content (AvgIpc) is 3.50. The van der Waals surface area contributed by atoms with Gasteiger partial charge in [0.05, 0.1) is 5.56 Å². The highest BCUT2D eigenvalue weighted by Gasteiger charge is 2.19. The van der Waals surface area contributed by atoms with E-state index in [9.17, 15) is 0 Å². The number of aromatic nitrogens is 3. The molecule has 2 aromatic heterocycles. The van der Waals surface area contributed by atoms with Crippen molar-refractivity contribution in [2.24, 2.45) is 0 Å². The molecule has 0 aliphatic carbocycles. The summed E-state index contributed by atoms with van der Waals surface area (Å²) in [6, 6.07) is 52.2. The van der Waals surface area contributed by atoms with Crippen molar-refractivity contribution < 1.29 is 4.42 Å². The second-order valence-corrected chi connectivity index (χ2v) is 11.2. The molecule has 0 fully saturated rings. The number of rotatable bonds is 4. The van der Waals surface area contributed by atoms with Crippen molar-refractivity contribution in [2.75, 3.05) is 0 Å². The van der Waals surface area contributed by atoms with Crippen LogP contribution in [0.1, 0.15) is 0 Å². The number of hydrogen-bond acceptors (Lipinski definition) is 4. The summed E-state index contributed by atoms with van der Waals surface area (Å²) in [5.74, 6) is 1.81. The van der Waals surface area contributed by atoms with Gasteiger partial charge in [-0.25, -0.2) is 15.0 Å². The van der Waals surface area contributed by atoms with Crippen molar-refractivity contribution in [3.63, 3.8) is 0 Å². The molecular formula is C41H25N3O. The first kappa shape index (κ1) is 25.4. The normalized spacial score (nSPS) is 11.6. The molecule has 45 heavy (non-hydrogen) atoms. The molecule has 4 nitrogen and oxygen atoms in total. The summed E-state index contributed by atoms with van der Waals surface area (Å²) in [5.41, 5.74) is 6.63. The first-order valence-electron chi connectivity index (χ1n) is 15.0. The molecule has 0 N–H and O–H groups in total. The fraction of sp³-hybridized carbons (Fsp3) is 0. The van der Waals surface area contributed by atoms with Crippen molar-refractivity contribution in [3.05, 3.63) is 152 Å². The van der Waals surface area contributed by atoms with Crippen LogP contribution in [-0.2, 0) is 0 Å². The Morgan fingerprint density at radius 3 is 1.80 bits per heavy atom. The van der Waals surface area contributed by atoms with Crippen molar-refractivity contribution in [3.8, 4) is 45.3 Å². The Bertz CT molecular complexity index is 2530. The van der Waals surface area contributed by atoms with Crippen LogP contribution in [0.3, 0.4) is 0 Å². The summed E-state index contributed by atoms with van der Waals surface area (Å²) in [5, 5.41) is 6.72. The number of fused-ring (bicyclic) bond motifs is 6. The number of hydrogen-bond donors (Lipinski definition) is 0. The molecule has 2 heterocycles. The molecule has 0 radical (unpaired) electrons. The van der Waals surface area contributed by atoms with E-state index in [1.54, 1.807) is 0 Å². The molecule has 0 atom stereocenters. The molecule has 0 amide bonds. The Balaban J connectivity index is 1.30. The van der Waals surface area contributed by atoms with Crippen LogP contribution in [0.5, 0.6) is 0 Å². The minimum absolute atomic E-state index is 0.573. The molecule has 0 spiro atoms. The average molecular weight is 576 g/mol. The van der Waals surface area contributed by atoms with Gasteiger partial charge in [-0.2, -0.15) is 0 Å². The molecule has 9 aromatic rings. The highest BCUT2D eigenvalue weighted by atomic mass is 16.3. The maximum Gasteiger partial charge on any atom is 0.167 e. The van der Waals surface area contributed by atoms with E-state index in [4.69, 9.17) is 19.4 Å². The van der Waals surface area contributed by atoms with Crippen molar-refractivity contribution in [1.82, 2.24) is 15.0 Å². The maximum atomic E-state index is 6.42. The summed E-state index contributed by atoms with van der Waals surface area (Å²) >= 11 is 0. The van der Waals surface area contributed by atoms with Gasteiger partial charge in [0.2, 0.25) is 0 Å². The summed E-state index contributed by atoms with van der Waals surface area (Å²) in [4.78, 5) is 15.4. The summed E-state index contributed by atoms with van der Waals surface area (Å²) in [6.45, 7) is 0. The Morgan fingerprint density at radius 2 is 0.933 bits per heavy atom. The Kier molecular flexibility index (Phi) is 5.78. The van der Waals surface area contributed by atoms with E-state index < -0.39 is 0 Å². The van der Waals surface area contributed by atoms with Gasteiger partial charge in [-0.1, -0.05) is 140 Å². The zero-order valence-electron chi connectivity index (χ0n) is 24.2. The van der Waals surface area contributed by atoms with Gasteiger partial charge in [0.25, 0.3) is 0 Å². The number of furan rings is 1. The Hall–Kier alpha value is -6.13. The molecule has 0 unspecified atom stereocenters. The van der Waals surface area contributed by atoms with Crippen LogP contribution in [0.4, 0.5) is 0 Å². The number of nitrogens with zero attached hydrogens (tertiary/aromatic N) is 3. The fourth-order valence-electron chi connectivity index (χ4n) is 6.36. The standard InChI is InChI=1S/C41H25N3O/c1-2-10-26(11-3-1)27-20-24-30(25-21-27)39-42-40(34-17-8-13-29-23-22-28-12-4-5-14-31(28)37(29)34)44-41(43-39)35-18-9-16-33-32-15-6-7-19-36(32)45-38(33)35/h1-25H. The van der Waals surface area contributed by atoms with Crippen LogP contribution in [0.15, 0.2) is 156 Å². The smallest absolute Gasteiger partial charge is 0.167 e. The largest absolute Gasteiger partial charge is 0.455 e. The van der Waals surface area contributed by atoms with Crippen LogP contribution < -0.4 is 0 Å². The molecule has 0 aliphatic rings. The third kappa shape index (κ3) is 4.27. The fourth-order valence-corrected chi connectivity index (χ4v) is 6.36. The quantitative estimate of drug-likeness (QED) is 0.196. The first-order valence-corrected chi connectivity index (χ1v) is 15.0. The van der Waals surface area contributed by atoms with Gasteiger partial charge < -0.3 is 4.42 Å². The lowest BCUT2D eigenvalue weighted by molar-refractivity contribution is 0.669. The van der Waals surface area contributed by atoms with Gasteiger partial charge in [-0.05, 0) is 39.4 Å². The van der Waals surface area contributed by atoms with Gasteiger partial charge in [-0.3, -0.25) is 0 Å². The van der Waals surface area contributed by atoms with Gasteiger partial charge in [0, 0.05) is 27.3 Å². The molecular weight excluding hydrogens is 550 g/mol. The minimum Gasteiger partial charge on any atom is -0.455 e. The third-order valence-electron chi connectivity index (χ3n) is 8.54. The van der Waals surface area contributed by atoms with E-state index in [2.05, 4.69) is 115 Å². The van der Waals surface area contributed by atoms with Crippen molar-refractivity contribution in [2.45, 2.75) is 0 Å². The van der Waals surface area contributed by atoms with Crippen LogP contribution in [0.25, 0.3) is 88.8 Å². The predicted octanol–water partition coefficient (Wildman–Crippen LogP) is 10.7. The van der Waals surface area contributed by atoms with E-state index in [-0.39, 0.29) is 0 Å². The van der Waals surface area contributed by atoms with Crippen molar-refractivity contribution >= 4 is 43.5 Å². The Morgan fingerprint density at radius 1 is 0.356 bits per heavy atom. The topological polar surface area (TPSA) is 51.8 Å². The Labute approximate surface area is 259 Å².